The zero-order valence-corrected chi connectivity index (χ0v) is 20.1. The zero-order chi connectivity index (χ0) is 24.4. The molecule has 0 fully saturated rings. The molecule has 3 aromatic rings. The van der Waals surface area contributed by atoms with Crippen molar-refractivity contribution in [3.63, 3.8) is 0 Å². The van der Waals surface area contributed by atoms with Crippen molar-refractivity contribution in [2.45, 2.75) is 37.9 Å². The van der Waals surface area contributed by atoms with Crippen LogP contribution in [0.3, 0.4) is 0 Å². The molecule has 9 heteroatoms. The highest BCUT2D eigenvalue weighted by atomic mass is 32.2. The van der Waals surface area contributed by atoms with Gasteiger partial charge in [0.25, 0.3) is 5.91 Å². The number of hydrogen-bond acceptors (Lipinski definition) is 5. The zero-order valence-electron chi connectivity index (χ0n) is 19.2. The number of halogens is 2. The number of nitrogens with zero attached hydrogens (tertiary/aromatic N) is 2. The number of rotatable bonds is 6. The molecule has 34 heavy (non-hydrogen) atoms. The van der Waals surface area contributed by atoms with Gasteiger partial charge in [0.2, 0.25) is 0 Å². The Balaban J connectivity index is 1.91. The number of aryl methyl sites for hydroxylation is 1. The molecule has 178 valence electrons. The van der Waals surface area contributed by atoms with Gasteiger partial charge >= 0.3 is 0 Å². The number of hydrogen-bond donors (Lipinski definition) is 2. The Morgan fingerprint density at radius 3 is 2.65 bits per heavy atom. The summed E-state index contributed by atoms with van der Waals surface area (Å²) in [7, 11) is 0. The lowest BCUT2D eigenvalue weighted by Gasteiger charge is -2.37. The number of aromatic nitrogens is 2. The van der Waals surface area contributed by atoms with E-state index in [1.165, 1.54) is 17.8 Å². The van der Waals surface area contributed by atoms with E-state index in [1.807, 2.05) is 19.9 Å². The van der Waals surface area contributed by atoms with E-state index in [0.717, 1.165) is 29.7 Å². The highest BCUT2D eigenvalue weighted by molar-refractivity contribution is 7.98. The first kappa shape index (κ1) is 24.3. The molecule has 2 atom stereocenters. The summed E-state index contributed by atoms with van der Waals surface area (Å²) in [6.45, 7) is 4.59. The number of amides is 1. The molecule has 6 nitrogen and oxygen atoms in total. The fourth-order valence-corrected chi connectivity index (χ4v) is 4.64. The summed E-state index contributed by atoms with van der Waals surface area (Å²) >= 11 is 1.28. The first-order chi connectivity index (χ1) is 16.3. The van der Waals surface area contributed by atoms with Gasteiger partial charge in [0, 0.05) is 29.7 Å². The van der Waals surface area contributed by atoms with Crippen molar-refractivity contribution in [2.24, 2.45) is 0 Å². The van der Waals surface area contributed by atoms with Crippen LogP contribution in [0.25, 0.3) is 11.3 Å². The second kappa shape index (κ2) is 10.2. The maximum Gasteiger partial charge on any atom is 0.251 e. The molecule has 0 saturated carbocycles. The molecule has 0 aliphatic carbocycles. The van der Waals surface area contributed by atoms with Gasteiger partial charge in [-0.1, -0.05) is 30.8 Å². The van der Waals surface area contributed by atoms with E-state index in [4.69, 9.17) is 4.98 Å². The first-order valence-electron chi connectivity index (χ1n) is 11.2. The van der Waals surface area contributed by atoms with Crippen LogP contribution >= 0.6 is 11.8 Å². The maximum atomic E-state index is 14.7. The first-order valence-corrected chi connectivity index (χ1v) is 12.4. The van der Waals surface area contributed by atoms with Crippen LogP contribution in [0.5, 0.6) is 0 Å². The van der Waals surface area contributed by atoms with E-state index in [0.29, 0.717) is 40.6 Å². The van der Waals surface area contributed by atoms with Crippen LogP contribution in [0.4, 0.5) is 8.78 Å². The van der Waals surface area contributed by atoms with E-state index in [9.17, 15) is 18.8 Å². The van der Waals surface area contributed by atoms with Gasteiger partial charge in [0.15, 0.2) is 11.2 Å². The normalized spacial score (nSPS) is 17.4. The lowest BCUT2D eigenvalue weighted by atomic mass is 9.89. The standard InChI is InChI=1S/C25H26F2N4O2S/c1-4-11-28-24(32)15-9-8-14(2)17(13-15)21-16-10-12-31(33)23(22(16)30-25(29-21)34-3)20-18(26)6-5-7-19(20)27/h5-9,13,23,31H,4,10-12H2,1-3H3,(H,28,32). The van der Waals surface area contributed by atoms with E-state index in [-0.39, 0.29) is 23.1 Å². The average molecular weight is 485 g/mol. The molecule has 2 aromatic carbocycles. The molecule has 1 amide bonds. The predicted molar refractivity (Wildman–Crippen MR) is 128 cm³/mol. The van der Waals surface area contributed by atoms with Gasteiger partial charge in [-0.05, 0) is 49.4 Å². The minimum atomic E-state index is -1.14. The Bertz CT molecular complexity index is 1220. The van der Waals surface area contributed by atoms with E-state index in [2.05, 4.69) is 10.3 Å². The highest BCUT2D eigenvalue weighted by Crippen LogP contribution is 2.35. The Kier molecular flexibility index (Phi) is 7.25. The number of quaternary nitrogens is 1. The predicted octanol–water partition coefficient (Wildman–Crippen LogP) is 3.62. The van der Waals surface area contributed by atoms with Crippen molar-refractivity contribution in [2.75, 3.05) is 19.3 Å². The van der Waals surface area contributed by atoms with Crippen molar-refractivity contribution in [1.29, 1.82) is 0 Å². The molecule has 0 radical (unpaired) electrons. The highest BCUT2D eigenvalue weighted by Gasteiger charge is 2.36. The quantitative estimate of drug-likeness (QED) is 0.317. The summed E-state index contributed by atoms with van der Waals surface area (Å²) in [6, 6.07) is 7.83. The van der Waals surface area contributed by atoms with Crippen LogP contribution in [0.2, 0.25) is 0 Å². The third kappa shape index (κ3) is 4.55. The van der Waals surface area contributed by atoms with Gasteiger partial charge in [0.05, 0.1) is 17.8 Å². The summed E-state index contributed by atoms with van der Waals surface area (Å²) in [5, 5.41) is 16.0. The fraction of sp³-hybridized carbons (Fsp3) is 0.320. The van der Waals surface area contributed by atoms with Crippen molar-refractivity contribution < 1.29 is 18.6 Å². The summed E-state index contributed by atoms with van der Waals surface area (Å²) in [4.78, 5) is 21.9. The van der Waals surface area contributed by atoms with Crippen molar-refractivity contribution in [1.82, 2.24) is 15.3 Å². The maximum absolute atomic E-state index is 14.7. The van der Waals surface area contributed by atoms with Gasteiger partial charge in [-0.15, -0.1) is 0 Å². The Morgan fingerprint density at radius 2 is 1.97 bits per heavy atom. The summed E-state index contributed by atoms with van der Waals surface area (Å²) in [5.41, 5.74) is 3.44. The summed E-state index contributed by atoms with van der Waals surface area (Å²) < 4.78 is 29.5. The molecular weight excluding hydrogens is 458 g/mol. The van der Waals surface area contributed by atoms with Gasteiger partial charge in [-0.25, -0.2) is 18.7 Å². The topological polar surface area (TPSA) is 82.4 Å². The number of carbonyl (C=O) groups is 1. The number of benzene rings is 2. The molecule has 2 heterocycles. The smallest absolute Gasteiger partial charge is 0.251 e. The molecule has 4 rings (SSSR count). The SMILES string of the molecule is CCCNC(=O)c1ccc(C)c(-c2nc(SC)nc3c2CC[NH+]([O-])C3c2c(F)cccc2F)c1. The second-order valence-electron chi connectivity index (χ2n) is 8.24. The minimum absolute atomic E-state index is 0.121. The van der Waals surface area contributed by atoms with Gasteiger partial charge in [-0.2, -0.15) is 0 Å². The van der Waals surface area contributed by atoms with Crippen LogP contribution in [0.1, 0.15) is 52.1 Å². The van der Waals surface area contributed by atoms with Crippen LogP contribution in [0, 0.1) is 23.8 Å². The van der Waals surface area contributed by atoms with Gasteiger partial charge in [0.1, 0.15) is 17.3 Å². The fourth-order valence-electron chi connectivity index (χ4n) is 4.27. The summed E-state index contributed by atoms with van der Waals surface area (Å²) in [5.74, 6) is -1.73. The molecule has 2 N–H and O–H groups in total. The monoisotopic (exact) mass is 484 g/mol. The third-order valence-corrected chi connectivity index (χ3v) is 6.54. The van der Waals surface area contributed by atoms with Gasteiger partial charge in [-0.3, -0.25) is 4.79 Å². The Hall–Kier alpha value is -2.88. The lowest BCUT2D eigenvalue weighted by molar-refractivity contribution is -0.878. The molecule has 1 aromatic heterocycles. The molecule has 0 bridgehead atoms. The second-order valence-corrected chi connectivity index (χ2v) is 9.02. The van der Waals surface area contributed by atoms with Crippen LogP contribution < -0.4 is 10.4 Å². The number of thioether (sulfide) groups is 1. The van der Waals surface area contributed by atoms with Crippen molar-refractivity contribution in [3.8, 4) is 11.3 Å². The number of nitrogens with one attached hydrogen (secondary N) is 2. The molecule has 1 aliphatic rings. The number of fused-ring (bicyclic) bond motifs is 1. The van der Waals surface area contributed by atoms with Crippen molar-refractivity contribution in [3.05, 3.63) is 81.2 Å². The molecule has 1 aliphatic heterocycles. The minimum Gasteiger partial charge on any atom is -0.634 e. The van der Waals surface area contributed by atoms with Crippen molar-refractivity contribution >= 4 is 17.7 Å². The van der Waals surface area contributed by atoms with Crippen LogP contribution in [0.15, 0.2) is 41.6 Å². The Labute approximate surface area is 201 Å². The largest absolute Gasteiger partial charge is 0.634 e. The molecule has 2 unspecified atom stereocenters. The molecule has 0 spiro atoms. The Morgan fingerprint density at radius 1 is 1.24 bits per heavy atom. The average Bonchev–Trinajstić information content (AvgIpc) is 2.83. The summed E-state index contributed by atoms with van der Waals surface area (Å²) in [6.07, 6.45) is 2.98. The van der Waals surface area contributed by atoms with E-state index in [1.54, 1.807) is 18.4 Å². The van der Waals surface area contributed by atoms with E-state index < -0.39 is 17.7 Å². The van der Waals surface area contributed by atoms with Crippen LogP contribution in [-0.4, -0.2) is 35.2 Å². The number of carbonyl (C=O) groups excluding carboxylic acids is 1. The van der Waals surface area contributed by atoms with Crippen LogP contribution in [-0.2, 0) is 6.42 Å². The lowest BCUT2D eigenvalue weighted by Crippen LogP contribution is -3.09. The van der Waals surface area contributed by atoms with Gasteiger partial charge < -0.3 is 15.6 Å². The molecular formula is C25H26F2N4O2S. The third-order valence-electron chi connectivity index (χ3n) is 6.00. The number of hydroxylamine groups is 2. The molecule has 0 saturated heterocycles. The van der Waals surface area contributed by atoms with E-state index >= 15 is 0 Å².